The van der Waals surface area contributed by atoms with Gasteiger partial charge < -0.3 is 15.4 Å². The molecule has 4 nitrogen and oxygen atoms in total. The van der Waals surface area contributed by atoms with Gasteiger partial charge in [-0.2, -0.15) is 0 Å². The first-order chi connectivity index (χ1) is 7.50. The number of aromatic hydroxyl groups is 1. The van der Waals surface area contributed by atoms with Crippen LogP contribution in [-0.4, -0.2) is 10.3 Å². The minimum absolute atomic E-state index is 0.0897. The van der Waals surface area contributed by atoms with Gasteiger partial charge in [0, 0.05) is 6.07 Å². The van der Waals surface area contributed by atoms with Gasteiger partial charge in [-0.25, -0.2) is 4.39 Å². The van der Waals surface area contributed by atoms with Crippen LogP contribution < -0.4 is 5.73 Å². The van der Waals surface area contributed by atoms with Crippen LogP contribution in [0.3, 0.4) is 0 Å². The van der Waals surface area contributed by atoms with E-state index in [2.05, 4.69) is 5.16 Å². The second-order valence-corrected chi connectivity index (χ2v) is 3.71. The molecule has 0 bridgehead atoms. The molecule has 0 unspecified atom stereocenters. The molecule has 84 valence electrons. The highest BCUT2D eigenvalue weighted by molar-refractivity contribution is 6.32. The van der Waals surface area contributed by atoms with Gasteiger partial charge in [-0.3, -0.25) is 0 Å². The third-order valence-electron chi connectivity index (χ3n) is 2.22. The molecule has 0 saturated heterocycles. The molecule has 0 aliphatic carbocycles. The van der Waals surface area contributed by atoms with Crippen LogP contribution in [0.4, 0.5) is 10.2 Å². The fourth-order valence-electron chi connectivity index (χ4n) is 1.41. The number of nitrogen functional groups attached to an aromatic ring is 1. The van der Waals surface area contributed by atoms with Crippen molar-refractivity contribution >= 4 is 17.4 Å². The summed E-state index contributed by atoms with van der Waals surface area (Å²) in [4.78, 5) is 0. The second-order valence-electron chi connectivity index (χ2n) is 3.30. The summed E-state index contributed by atoms with van der Waals surface area (Å²) in [6.07, 6.45) is 0. The molecule has 0 radical (unpaired) electrons. The van der Waals surface area contributed by atoms with E-state index in [4.69, 9.17) is 21.9 Å². The van der Waals surface area contributed by atoms with Crippen molar-refractivity contribution in [1.82, 2.24) is 5.16 Å². The van der Waals surface area contributed by atoms with E-state index < -0.39 is 5.82 Å². The van der Waals surface area contributed by atoms with E-state index in [0.717, 1.165) is 6.07 Å². The lowest BCUT2D eigenvalue weighted by atomic mass is 10.0. The van der Waals surface area contributed by atoms with Crippen molar-refractivity contribution in [3.05, 3.63) is 28.5 Å². The molecule has 1 aromatic carbocycles. The number of phenols is 1. The first-order valence-corrected chi connectivity index (χ1v) is 4.78. The molecule has 1 heterocycles. The smallest absolute Gasteiger partial charge is 0.173 e. The zero-order chi connectivity index (χ0) is 11.9. The van der Waals surface area contributed by atoms with Crippen molar-refractivity contribution in [2.75, 3.05) is 5.73 Å². The summed E-state index contributed by atoms with van der Waals surface area (Å²) >= 11 is 5.66. The molecule has 2 rings (SSSR count). The fourth-order valence-corrected chi connectivity index (χ4v) is 1.60. The Hall–Kier alpha value is -1.75. The van der Waals surface area contributed by atoms with Crippen molar-refractivity contribution in [3.8, 4) is 17.1 Å². The number of halogens is 2. The lowest BCUT2D eigenvalue weighted by molar-refractivity contribution is 0.428. The minimum Gasteiger partial charge on any atom is -0.506 e. The summed E-state index contributed by atoms with van der Waals surface area (Å²) in [5, 5.41) is 13.1. The average Bonchev–Trinajstić information content (AvgIpc) is 2.62. The van der Waals surface area contributed by atoms with Gasteiger partial charge in [-0.15, -0.1) is 0 Å². The molecular weight excluding hydrogens is 235 g/mol. The van der Waals surface area contributed by atoms with Gasteiger partial charge in [0.2, 0.25) is 0 Å². The van der Waals surface area contributed by atoms with E-state index in [9.17, 15) is 9.50 Å². The van der Waals surface area contributed by atoms with Crippen LogP contribution in [0.5, 0.6) is 5.75 Å². The maximum Gasteiger partial charge on any atom is 0.173 e. The van der Waals surface area contributed by atoms with Crippen molar-refractivity contribution in [1.29, 1.82) is 0 Å². The molecule has 0 aliphatic rings. The summed E-state index contributed by atoms with van der Waals surface area (Å²) in [6.45, 7) is 1.50. The monoisotopic (exact) mass is 242 g/mol. The Balaban J connectivity index is 2.73. The lowest BCUT2D eigenvalue weighted by Gasteiger charge is -2.07. The molecular formula is C10H8ClFN2O2. The Kier molecular flexibility index (Phi) is 2.47. The number of nitrogens with zero attached hydrogens (tertiary/aromatic N) is 1. The van der Waals surface area contributed by atoms with E-state index in [1.54, 1.807) is 0 Å². The van der Waals surface area contributed by atoms with Crippen molar-refractivity contribution in [3.63, 3.8) is 0 Å². The zero-order valence-electron chi connectivity index (χ0n) is 8.29. The molecule has 3 N–H and O–H groups in total. The quantitative estimate of drug-likeness (QED) is 0.807. The van der Waals surface area contributed by atoms with Gasteiger partial charge in [0.25, 0.3) is 0 Å². The molecule has 0 spiro atoms. The van der Waals surface area contributed by atoms with Gasteiger partial charge in [0.1, 0.15) is 11.6 Å². The van der Waals surface area contributed by atoms with Crippen LogP contribution in [0.1, 0.15) is 5.56 Å². The molecule has 1 aromatic heterocycles. The number of anilines is 1. The lowest BCUT2D eigenvalue weighted by Crippen LogP contribution is -1.89. The molecule has 0 aliphatic heterocycles. The average molecular weight is 243 g/mol. The Morgan fingerprint density at radius 2 is 2.19 bits per heavy atom. The predicted octanol–water partition coefficient (Wildman–Crippen LogP) is 2.73. The van der Waals surface area contributed by atoms with Crippen molar-refractivity contribution < 1.29 is 14.0 Å². The highest BCUT2D eigenvalue weighted by Crippen LogP contribution is 2.39. The number of phenolic OH excluding ortho intramolecular Hbond substituents is 1. The first-order valence-electron chi connectivity index (χ1n) is 4.41. The van der Waals surface area contributed by atoms with E-state index in [1.807, 2.05) is 0 Å². The molecule has 2 aromatic rings. The van der Waals surface area contributed by atoms with Crippen LogP contribution in [0, 0.1) is 12.7 Å². The summed E-state index contributed by atoms with van der Waals surface area (Å²) in [5.74, 6) is -0.465. The van der Waals surface area contributed by atoms with Gasteiger partial charge in [-0.05, 0) is 18.6 Å². The summed E-state index contributed by atoms with van der Waals surface area (Å²) in [6, 6.07) is 2.42. The maximum absolute atomic E-state index is 13.4. The summed E-state index contributed by atoms with van der Waals surface area (Å²) in [5.41, 5.74) is 5.76. The summed E-state index contributed by atoms with van der Waals surface area (Å²) in [7, 11) is 0. The number of benzene rings is 1. The standard InChI is InChI=1S/C10H8ClFN2O2/c1-4-6(12)2-5(11)10(15)9(4)7-3-8(13)14-16-7/h2-3,15H,1H3,(H2,13,14). The maximum atomic E-state index is 13.4. The van der Waals surface area contributed by atoms with Crippen LogP contribution in [0.2, 0.25) is 5.02 Å². The van der Waals surface area contributed by atoms with Gasteiger partial charge in [-0.1, -0.05) is 16.8 Å². The Morgan fingerprint density at radius 3 is 2.75 bits per heavy atom. The number of rotatable bonds is 1. The molecule has 16 heavy (non-hydrogen) atoms. The highest BCUT2D eigenvalue weighted by Gasteiger charge is 2.19. The van der Waals surface area contributed by atoms with Crippen molar-refractivity contribution in [2.45, 2.75) is 6.92 Å². The third kappa shape index (κ3) is 1.59. The molecule has 6 heteroatoms. The molecule has 0 saturated carbocycles. The predicted molar refractivity (Wildman–Crippen MR) is 57.7 cm³/mol. The highest BCUT2D eigenvalue weighted by atomic mass is 35.5. The van der Waals surface area contributed by atoms with E-state index in [1.165, 1.54) is 13.0 Å². The molecule has 0 amide bonds. The van der Waals surface area contributed by atoms with Gasteiger partial charge >= 0.3 is 0 Å². The normalized spacial score (nSPS) is 10.7. The van der Waals surface area contributed by atoms with Crippen LogP contribution in [0.25, 0.3) is 11.3 Å². The first kappa shape index (κ1) is 10.8. The van der Waals surface area contributed by atoms with Crippen LogP contribution in [-0.2, 0) is 0 Å². The van der Waals surface area contributed by atoms with Crippen LogP contribution in [0.15, 0.2) is 16.7 Å². The van der Waals surface area contributed by atoms with E-state index in [0.29, 0.717) is 0 Å². The number of hydrogen-bond donors (Lipinski definition) is 2. The number of nitrogens with two attached hydrogens (primary N) is 1. The summed E-state index contributed by atoms with van der Waals surface area (Å²) < 4.78 is 18.3. The molecule has 0 fully saturated rings. The zero-order valence-corrected chi connectivity index (χ0v) is 9.05. The largest absolute Gasteiger partial charge is 0.506 e. The van der Waals surface area contributed by atoms with Gasteiger partial charge in [0.05, 0.1) is 10.6 Å². The minimum atomic E-state index is -0.534. The SMILES string of the molecule is Cc1c(F)cc(Cl)c(O)c1-c1cc(N)no1. The third-order valence-corrected chi connectivity index (χ3v) is 2.51. The topological polar surface area (TPSA) is 72.3 Å². The van der Waals surface area contributed by atoms with E-state index >= 15 is 0 Å². The van der Waals surface area contributed by atoms with E-state index in [-0.39, 0.29) is 33.5 Å². The molecule has 0 atom stereocenters. The fraction of sp³-hybridized carbons (Fsp3) is 0.100. The Labute approximate surface area is 95.4 Å². The Morgan fingerprint density at radius 1 is 1.50 bits per heavy atom. The Bertz CT molecular complexity index is 528. The van der Waals surface area contributed by atoms with Gasteiger partial charge in [0.15, 0.2) is 11.6 Å². The second kappa shape index (κ2) is 3.68. The number of aromatic nitrogens is 1. The van der Waals surface area contributed by atoms with Crippen molar-refractivity contribution in [2.24, 2.45) is 0 Å². The number of hydrogen-bond acceptors (Lipinski definition) is 4. The van der Waals surface area contributed by atoms with Crippen LogP contribution >= 0.6 is 11.6 Å².